The molecule has 0 aliphatic heterocycles. The summed E-state index contributed by atoms with van der Waals surface area (Å²) in [4.78, 5) is 22.9. The predicted octanol–water partition coefficient (Wildman–Crippen LogP) is 1.89. The molecule has 0 saturated heterocycles. The molecule has 0 heterocycles. The van der Waals surface area contributed by atoms with Crippen molar-refractivity contribution in [1.82, 2.24) is 0 Å². The second-order valence-corrected chi connectivity index (χ2v) is 5.57. The standard InChI is InChI=1S/C12H21NO2/c1-12(2,3)10(14)8-4-6-9(7-5-8)11(13)15/h8-9H,4-7H2,1-3H3,(H2,13,15). The monoisotopic (exact) mass is 211 g/mol. The van der Waals surface area contributed by atoms with E-state index in [1.54, 1.807) is 0 Å². The highest BCUT2D eigenvalue weighted by atomic mass is 16.1. The minimum absolute atomic E-state index is 0.00554. The molecule has 0 aromatic heterocycles. The van der Waals surface area contributed by atoms with Crippen LogP contribution in [0, 0.1) is 17.3 Å². The summed E-state index contributed by atoms with van der Waals surface area (Å²) in [7, 11) is 0. The molecule has 1 aliphatic rings. The molecule has 1 aliphatic carbocycles. The highest BCUT2D eigenvalue weighted by Crippen LogP contribution is 2.33. The van der Waals surface area contributed by atoms with Crippen molar-refractivity contribution < 1.29 is 9.59 Å². The van der Waals surface area contributed by atoms with E-state index in [0.29, 0.717) is 5.78 Å². The maximum Gasteiger partial charge on any atom is 0.220 e. The molecule has 1 saturated carbocycles. The average Bonchev–Trinajstić information content (AvgIpc) is 2.15. The number of rotatable bonds is 2. The lowest BCUT2D eigenvalue weighted by atomic mass is 9.73. The third-order valence-corrected chi connectivity index (χ3v) is 3.24. The predicted molar refractivity (Wildman–Crippen MR) is 59.1 cm³/mol. The third-order valence-electron chi connectivity index (χ3n) is 3.24. The van der Waals surface area contributed by atoms with Crippen LogP contribution in [0.2, 0.25) is 0 Å². The largest absolute Gasteiger partial charge is 0.369 e. The molecule has 0 aromatic rings. The molecule has 3 nitrogen and oxygen atoms in total. The topological polar surface area (TPSA) is 60.2 Å². The zero-order valence-electron chi connectivity index (χ0n) is 9.88. The summed E-state index contributed by atoms with van der Waals surface area (Å²) in [6.45, 7) is 5.86. The molecule has 0 atom stereocenters. The van der Waals surface area contributed by atoms with Crippen molar-refractivity contribution in [3.8, 4) is 0 Å². The van der Waals surface area contributed by atoms with Gasteiger partial charge in [-0.2, -0.15) is 0 Å². The highest BCUT2D eigenvalue weighted by molar-refractivity contribution is 5.86. The van der Waals surface area contributed by atoms with Crippen molar-refractivity contribution in [1.29, 1.82) is 0 Å². The van der Waals surface area contributed by atoms with Crippen LogP contribution in [0.3, 0.4) is 0 Å². The van der Waals surface area contributed by atoms with Crippen LogP contribution in [0.15, 0.2) is 0 Å². The van der Waals surface area contributed by atoms with Crippen LogP contribution >= 0.6 is 0 Å². The van der Waals surface area contributed by atoms with Gasteiger partial charge < -0.3 is 5.73 Å². The SMILES string of the molecule is CC(C)(C)C(=O)C1CCC(C(N)=O)CC1. The van der Waals surface area contributed by atoms with E-state index in [1.165, 1.54) is 0 Å². The Morgan fingerprint density at radius 1 is 1.00 bits per heavy atom. The summed E-state index contributed by atoms with van der Waals surface area (Å²) in [6.07, 6.45) is 3.21. The van der Waals surface area contributed by atoms with Gasteiger partial charge in [0.05, 0.1) is 0 Å². The van der Waals surface area contributed by atoms with Crippen LogP contribution in [0.4, 0.5) is 0 Å². The minimum Gasteiger partial charge on any atom is -0.369 e. The smallest absolute Gasteiger partial charge is 0.220 e. The van der Waals surface area contributed by atoms with Crippen molar-refractivity contribution in [3.05, 3.63) is 0 Å². The van der Waals surface area contributed by atoms with Gasteiger partial charge in [0.25, 0.3) is 0 Å². The molecule has 1 rings (SSSR count). The van der Waals surface area contributed by atoms with E-state index in [2.05, 4.69) is 0 Å². The zero-order chi connectivity index (χ0) is 11.6. The van der Waals surface area contributed by atoms with Crippen molar-refractivity contribution in [2.24, 2.45) is 23.0 Å². The number of hydrogen-bond donors (Lipinski definition) is 1. The van der Waals surface area contributed by atoms with E-state index in [9.17, 15) is 9.59 Å². The lowest BCUT2D eigenvalue weighted by Crippen LogP contribution is -2.34. The highest BCUT2D eigenvalue weighted by Gasteiger charge is 2.33. The van der Waals surface area contributed by atoms with Gasteiger partial charge in [-0.1, -0.05) is 20.8 Å². The van der Waals surface area contributed by atoms with Crippen molar-refractivity contribution in [2.45, 2.75) is 46.5 Å². The molecule has 1 amide bonds. The molecule has 0 radical (unpaired) electrons. The summed E-state index contributed by atoms with van der Waals surface area (Å²) in [6, 6.07) is 0. The molecule has 2 N–H and O–H groups in total. The molecule has 15 heavy (non-hydrogen) atoms. The van der Waals surface area contributed by atoms with Gasteiger partial charge in [0, 0.05) is 17.3 Å². The fraction of sp³-hybridized carbons (Fsp3) is 0.833. The van der Waals surface area contributed by atoms with Crippen LogP contribution in [-0.2, 0) is 9.59 Å². The summed E-state index contributed by atoms with van der Waals surface area (Å²) in [5.41, 5.74) is 4.99. The Kier molecular flexibility index (Phi) is 3.53. The number of primary amides is 1. The number of ketones is 1. The first kappa shape index (κ1) is 12.2. The Balaban J connectivity index is 2.51. The molecular formula is C12H21NO2. The summed E-state index contributed by atoms with van der Waals surface area (Å²) in [5, 5.41) is 0. The van der Waals surface area contributed by atoms with Gasteiger partial charge in [0.1, 0.15) is 5.78 Å². The zero-order valence-corrected chi connectivity index (χ0v) is 9.88. The van der Waals surface area contributed by atoms with Crippen molar-refractivity contribution in [3.63, 3.8) is 0 Å². The van der Waals surface area contributed by atoms with Gasteiger partial charge >= 0.3 is 0 Å². The van der Waals surface area contributed by atoms with Gasteiger partial charge in [-0.05, 0) is 25.7 Å². The van der Waals surface area contributed by atoms with Crippen molar-refractivity contribution in [2.75, 3.05) is 0 Å². The summed E-state index contributed by atoms with van der Waals surface area (Å²) >= 11 is 0. The Bertz CT molecular complexity index is 257. The molecular weight excluding hydrogens is 190 g/mol. The van der Waals surface area contributed by atoms with Gasteiger partial charge in [-0.3, -0.25) is 9.59 Å². The fourth-order valence-corrected chi connectivity index (χ4v) is 2.25. The number of nitrogens with two attached hydrogens (primary N) is 1. The maximum absolute atomic E-state index is 12.0. The molecule has 86 valence electrons. The minimum atomic E-state index is -0.260. The average molecular weight is 211 g/mol. The van der Waals surface area contributed by atoms with Crippen LogP contribution in [0.25, 0.3) is 0 Å². The molecule has 3 heteroatoms. The van der Waals surface area contributed by atoms with Gasteiger partial charge in [-0.25, -0.2) is 0 Å². The van der Waals surface area contributed by atoms with E-state index in [1.807, 2.05) is 20.8 Å². The lowest BCUT2D eigenvalue weighted by Gasteiger charge is -2.30. The van der Waals surface area contributed by atoms with Crippen LogP contribution in [0.1, 0.15) is 46.5 Å². The Morgan fingerprint density at radius 2 is 1.40 bits per heavy atom. The van der Waals surface area contributed by atoms with E-state index in [0.717, 1.165) is 25.7 Å². The molecule has 0 unspecified atom stereocenters. The Morgan fingerprint density at radius 3 is 1.73 bits per heavy atom. The van der Waals surface area contributed by atoms with Crippen LogP contribution in [-0.4, -0.2) is 11.7 Å². The lowest BCUT2D eigenvalue weighted by molar-refractivity contribution is -0.133. The van der Waals surface area contributed by atoms with Crippen LogP contribution in [0.5, 0.6) is 0 Å². The van der Waals surface area contributed by atoms with E-state index < -0.39 is 0 Å². The molecule has 0 bridgehead atoms. The molecule has 0 aromatic carbocycles. The normalized spacial score (nSPS) is 27.4. The first-order valence-electron chi connectivity index (χ1n) is 5.66. The third kappa shape index (κ3) is 3.05. The summed E-state index contributed by atoms with van der Waals surface area (Å²) in [5.74, 6) is 0.247. The number of amides is 1. The quantitative estimate of drug-likeness (QED) is 0.758. The van der Waals surface area contributed by atoms with Crippen LogP contribution < -0.4 is 5.73 Å². The second kappa shape index (κ2) is 4.33. The Hall–Kier alpha value is -0.860. The summed E-state index contributed by atoms with van der Waals surface area (Å²) < 4.78 is 0. The van der Waals surface area contributed by atoms with E-state index in [4.69, 9.17) is 5.73 Å². The van der Waals surface area contributed by atoms with Crippen molar-refractivity contribution >= 4 is 11.7 Å². The number of carbonyl (C=O) groups is 2. The molecule has 1 fully saturated rings. The van der Waals surface area contributed by atoms with E-state index in [-0.39, 0.29) is 23.2 Å². The number of Topliss-reactive ketones (excluding diaryl/α,β-unsaturated/α-hetero) is 1. The number of hydrogen-bond acceptors (Lipinski definition) is 2. The first-order chi connectivity index (χ1) is 6.82. The van der Waals surface area contributed by atoms with Gasteiger partial charge in [0.2, 0.25) is 5.91 Å². The second-order valence-electron chi connectivity index (χ2n) is 5.57. The van der Waals surface area contributed by atoms with Gasteiger partial charge in [-0.15, -0.1) is 0 Å². The fourth-order valence-electron chi connectivity index (χ4n) is 2.25. The molecule has 0 spiro atoms. The Labute approximate surface area is 91.4 Å². The maximum atomic E-state index is 12.0. The number of carbonyl (C=O) groups excluding carboxylic acids is 2. The van der Waals surface area contributed by atoms with E-state index >= 15 is 0 Å². The first-order valence-corrected chi connectivity index (χ1v) is 5.66. The van der Waals surface area contributed by atoms with Gasteiger partial charge in [0.15, 0.2) is 0 Å².